The van der Waals surface area contributed by atoms with Gasteiger partial charge in [0.1, 0.15) is 5.75 Å². The first-order valence-corrected chi connectivity index (χ1v) is 5.90. The largest absolute Gasteiger partial charge is 0.508 e. The third-order valence-electron chi connectivity index (χ3n) is 2.64. The Morgan fingerprint density at radius 2 is 1.89 bits per heavy atom. The highest BCUT2D eigenvalue weighted by molar-refractivity contribution is 6.31. The fraction of sp³-hybridized carbons (Fsp3) is 0.0769. The Hall–Kier alpha value is -2.27. The van der Waals surface area contributed by atoms with Gasteiger partial charge in [0.25, 0.3) is 5.69 Å². The van der Waals surface area contributed by atoms with Crippen LogP contribution < -0.4 is 5.32 Å². The molecule has 2 rings (SSSR count). The number of nitrogens with zero attached hydrogens (tertiary/aromatic N) is 1. The Morgan fingerprint density at radius 3 is 2.47 bits per heavy atom. The number of hydrogen-bond donors (Lipinski definition) is 2. The molecule has 0 aromatic heterocycles. The molecule has 0 aliphatic carbocycles. The van der Waals surface area contributed by atoms with E-state index < -0.39 is 4.92 Å². The maximum absolute atomic E-state index is 10.5. The first kappa shape index (κ1) is 13.2. The van der Waals surface area contributed by atoms with Crippen molar-refractivity contribution in [3.05, 3.63) is 63.2 Å². The minimum absolute atomic E-state index is 0.0335. The van der Waals surface area contributed by atoms with E-state index in [1.165, 1.54) is 12.1 Å². The van der Waals surface area contributed by atoms with Crippen LogP contribution in [0.5, 0.6) is 5.75 Å². The quantitative estimate of drug-likeness (QED) is 0.662. The van der Waals surface area contributed by atoms with Gasteiger partial charge in [-0.15, -0.1) is 0 Å². The van der Waals surface area contributed by atoms with Crippen LogP contribution in [0.1, 0.15) is 5.56 Å². The van der Waals surface area contributed by atoms with E-state index in [2.05, 4.69) is 5.32 Å². The number of anilines is 1. The fourth-order valence-electron chi connectivity index (χ4n) is 1.61. The Labute approximate surface area is 114 Å². The standard InChI is InChI=1S/C13H11ClN2O3/c14-12-2-1-3-13(17)11(12)8-15-9-4-6-10(7-5-9)16(18)19/h1-7,15,17H,8H2. The molecule has 2 N–H and O–H groups in total. The van der Waals surface area contributed by atoms with E-state index in [0.717, 1.165) is 0 Å². The van der Waals surface area contributed by atoms with Crippen molar-refractivity contribution in [2.45, 2.75) is 6.54 Å². The number of phenolic OH excluding ortho intramolecular Hbond substituents is 1. The monoisotopic (exact) mass is 278 g/mol. The van der Waals surface area contributed by atoms with Crippen molar-refractivity contribution in [1.29, 1.82) is 0 Å². The van der Waals surface area contributed by atoms with E-state index in [1.807, 2.05) is 0 Å². The highest BCUT2D eigenvalue weighted by Crippen LogP contribution is 2.26. The number of nitro groups is 1. The van der Waals surface area contributed by atoms with Crippen molar-refractivity contribution in [2.24, 2.45) is 0 Å². The molecule has 0 saturated heterocycles. The molecule has 0 spiro atoms. The van der Waals surface area contributed by atoms with Crippen molar-refractivity contribution < 1.29 is 10.0 Å². The molecule has 0 aliphatic rings. The van der Waals surface area contributed by atoms with Crippen LogP contribution in [0.15, 0.2) is 42.5 Å². The molecule has 19 heavy (non-hydrogen) atoms. The summed E-state index contributed by atoms with van der Waals surface area (Å²) >= 11 is 5.97. The van der Waals surface area contributed by atoms with Gasteiger partial charge in [0, 0.05) is 35.0 Å². The maximum atomic E-state index is 10.5. The molecule has 6 heteroatoms. The third-order valence-corrected chi connectivity index (χ3v) is 3.00. The summed E-state index contributed by atoms with van der Waals surface area (Å²) in [7, 11) is 0. The van der Waals surface area contributed by atoms with Crippen LogP contribution >= 0.6 is 11.6 Å². The summed E-state index contributed by atoms with van der Waals surface area (Å²) in [6.07, 6.45) is 0. The average Bonchev–Trinajstić information content (AvgIpc) is 2.38. The molecule has 0 amide bonds. The number of phenols is 1. The summed E-state index contributed by atoms with van der Waals surface area (Å²) in [5.41, 5.74) is 1.33. The van der Waals surface area contributed by atoms with Crippen LogP contribution in [0.2, 0.25) is 5.02 Å². The first-order chi connectivity index (χ1) is 9.08. The van der Waals surface area contributed by atoms with Crippen molar-refractivity contribution in [2.75, 3.05) is 5.32 Å². The zero-order valence-electron chi connectivity index (χ0n) is 9.84. The lowest BCUT2D eigenvalue weighted by Gasteiger charge is -2.09. The summed E-state index contributed by atoms with van der Waals surface area (Å²) < 4.78 is 0. The number of benzene rings is 2. The minimum Gasteiger partial charge on any atom is -0.508 e. The van der Waals surface area contributed by atoms with Gasteiger partial charge in [0.05, 0.1) is 4.92 Å². The van der Waals surface area contributed by atoms with Crippen molar-refractivity contribution in [3.63, 3.8) is 0 Å². The lowest BCUT2D eigenvalue weighted by molar-refractivity contribution is -0.384. The smallest absolute Gasteiger partial charge is 0.269 e. The summed E-state index contributed by atoms with van der Waals surface area (Å²) in [6.45, 7) is 0.337. The van der Waals surface area contributed by atoms with Gasteiger partial charge in [-0.05, 0) is 24.3 Å². The molecule has 2 aromatic carbocycles. The van der Waals surface area contributed by atoms with Gasteiger partial charge in [-0.2, -0.15) is 0 Å². The Balaban J connectivity index is 2.08. The molecular formula is C13H11ClN2O3. The second-order valence-electron chi connectivity index (χ2n) is 3.90. The molecular weight excluding hydrogens is 268 g/mol. The predicted molar refractivity (Wildman–Crippen MR) is 73.5 cm³/mol. The average molecular weight is 279 g/mol. The highest BCUT2D eigenvalue weighted by Gasteiger charge is 2.07. The van der Waals surface area contributed by atoms with Crippen molar-refractivity contribution in [1.82, 2.24) is 0 Å². The minimum atomic E-state index is -0.455. The Bertz CT molecular complexity index is 579. The van der Waals surface area contributed by atoms with E-state index in [-0.39, 0.29) is 11.4 Å². The van der Waals surface area contributed by atoms with Gasteiger partial charge in [-0.1, -0.05) is 17.7 Å². The number of hydrogen-bond acceptors (Lipinski definition) is 4. The molecule has 0 saturated carbocycles. The van der Waals surface area contributed by atoms with Gasteiger partial charge >= 0.3 is 0 Å². The van der Waals surface area contributed by atoms with E-state index in [0.29, 0.717) is 22.8 Å². The molecule has 0 heterocycles. The second kappa shape index (κ2) is 5.58. The van der Waals surface area contributed by atoms with Crippen LogP contribution in [0.25, 0.3) is 0 Å². The Morgan fingerprint density at radius 1 is 1.21 bits per heavy atom. The van der Waals surface area contributed by atoms with E-state index in [9.17, 15) is 15.2 Å². The highest BCUT2D eigenvalue weighted by atomic mass is 35.5. The Kier molecular flexibility index (Phi) is 3.87. The SMILES string of the molecule is O=[N+]([O-])c1ccc(NCc2c(O)cccc2Cl)cc1. The lowest BCUT2D eigenvalue weighted by atomic mass is 10.2. The topological polar surface area (TPSA) is 75.4 Å². The molecule has 0 aliphatic heterocycles. The number of non-ortho nitro benzene ring substituents is 1. The van der Waals surface area contributed by atoms with E-state index in [1.54, 1.807) is 30.3 Å². The molecule has 0 unspecified atom stereocenters. The molecule has 0 radical (unpaired) electrons. The van der Waals surface area contributed by atoms with Gasteiger partial charge in [0.2, 0.25) is 0 Å². The maximum Gasteiger partial charge on any atom is 0.269 e. The zero-order valence-corrected chi connectivity index (χ0v) is 10.6. The van der Waals surface area contributed by atoms with Crippen molar-refractivity contribution >= 4 is 23.0 Å². The summed E-state index contributed by atoms with van der Waals surface area (Å²) in [6, 6.07) is 10.9. The fourth-order valence-corrected chi connectivity index (χ4v) is 1.85. The van der Waals surface area contributed by atoms with Gasteiger partial charge in [0.15, 0.2) is 0 Å². The van der Waals surface area contributed by atoms with Crippen LogP contribution in [-0.4, -0.2) is 10.0 Å². The van der Waals surface area contributed by atoms with Crippen LogP contribution in [0, 0.1) is 10.1 Å². The first-order valence-electron chi connectivity index (χ1n) is 5.52. The number of rotatable bonds is 4. The lowest BCUT2D eigenvalue weighted by Crippen LogP contribution is -2.00. The molecule has 5 nitrogen and oxygen atoms in total. The molecule has 0 atom stereocenters. The van der Waals surface area contributed by atoms with Gasteiger partial charge in [-0.25, -0.2) is 0 Å². The van der Waals surface area contributed by atoms with Gasteiger partial charge < -0.3 is 10.4 Å². The van der Waals surface area contributed by atoms with Crippen molar-refractivity contribution in [3.8, 4) is 5.75 Å². The third kappa shape index (κ3) is 3.14. The number of aromatic hydroxyl groups is 1. The second-order valence-corrected chi connectivity index (χ2v) is 4.30. The molecule has 2 aromatic rings. The molecule has 0 bridgehead atoms. The number of nitro benzene ring substituents is 1. The van der Waals surface area contributed by atoms with Gasteiger partial charge in [-0.3, -0.25) is 10.1 Å². The van der Waals surface area contributed by atoms with Crippen LogP contribution in [0.3, 0.4) is 0 Å². The van der Waals surface area contributed by atoms with E-state index >= 15 is 0 Å². The van der Waals surface area contributed by atoms with E-state index in [4.69, 9.17) is 11.6 Å². The summed E-state index contributed by atoms with van der Waals surface area (Å²) in [4.78, 5) is 10.1. The zero-order chi connectivity index (χ0) is 13.8. The normalized spacial score (nSPS) is 10.2. The summed E-state index contributed by atoms with van der Waals surface area (Å²) in [5.74, 6) is 0.113. The predicted octanol–water partition coefficient (Wildman–Crippen LogP) is 3.57. The number of nitrogens with one attached hydrogen (secondary N) is 1. The molecule has 0 fully saturated rings. The van der Waals surface area contributed by atoms with Crippen LogP contribution in [0.4, 0.5) is 11.4 Å². The summed E-state index contributed by atoms with van der Waals surface area (Å²) in [5, 5.41) is 23.7. The number of halogens is 1. The van der Waals surface area contributed by atoms with Crippen LogP contribution in [-0.2, 0) is 6.54 Å². The molecule has 98 valence electrons.